The molecule has 3 rings (SSSR count). The van der Waals surface area contributed by atoms with Crippen molar-refractivity contribution in [1.29, 1.82) is 0 Å². The minimum atomic E-state index is 0.161. The van der Waals surface area contributed by atoms with E-state index in [1.807, 2.05) is 41.5 Å². The minimum Gasteiger partial charge on any atom is -0.341 e. The van der Waals surface area contributed by atoms with Crippen LogP contribution in [-0.2, 0) is 11.2 Å². The summed E-state index contributed by atoms with van der Waals surface area (Å²) >= 11 is 16.1. The standard InChI is InChI=1S/C21H30Cl2N2OS2/c1-24(20(26)13-15-6-7-16(22)17(23)12-15)18-8-9-21(27-2,28-3)14-19(18)25-10-4-5-11-25/h6-7,12,18-19H,4-5,8-11,13-14H2,1-3H3. The van der Waals surface area contributed by atoms with Crippen molar-refractivity contribution in [3.8, 4) is 0 Å². The van der Waals surface area contributed by atoms with Crippen LogP contribution in [0.3, 0.4) is 0 Å². The van der Waals surface area contributed by atoms with E-state index in [4.69, 9.17) is 23.2 Å². The second-order valence-electron chi connectivity index (χ2n) is 7.87. The van der Waals surface area contributed by atoms with Crippen LogP contribution in [0.1, 0.15) is 37.7 Å². The number of hydrogen-bond acceptors (Lipinski definition) is 4. The lowest BCUT2D eigenvalue weighted by Crippen LogP contribution is -2.57. The molecule has 2 unspecified atom stereocenters. The summed E-state index contributed by atoms with van der Waals surface area (Å²) in [6.07, 6.45) is 10.7. The number of hydrogen-bond donors (Lipinski definition) is 0. The highest BCUT2D eigenvalue weighted by atomic mass is 35.5. The zero-order valence-electron chi connectivity index (χ0n) is 16.9. The lowest BCUT2D eigenvalue weighted by atomic mass is 9.87. The summed E-state index contributed by atoms with van der Waals surface area (Å²) in [6, 6.07) is 6.19. The minimum absolute atomic E-state index is 0.161. The molecular formula is C21H30Cl2N2OS2. The number of benzene rings is 1. The van der Waals surface area contributed by atoms with Crippen molar-refractivity contribution in [2.75, 3.05) is 32.6 Å². The summed E-state index contributed by atoms with van der Waals surface area (Å²) in [6.45, 7) is 2.32. The Bertz CT molecular complexity index is 693. The van der Waals surface area contributed by atoms with Gasteiger partial charge in [-0.05, 0) is 75.4 Å². The van der Waals surface area contributed by atoms with Crippen molar-refractivity contribution in [2.45, 2.75) is 54.7 Å². The maximum absolute atomic E-state index is 13.1. The number of carbonyl (C=O) groups is 1. The van der Waals surface area contributed by atoms with E-state index < -0.39 is 0 Å². The van der Waals surface area contributed by atoms with E-state index >= 15 is 0 Å². The molecule has 3 nitrogen and oxygen atoms in total. The highest BCUT2D eigenvalue weighted by molar-refractivity contribution is 8.17. The van der Waals surface area contributed by atoms with Crippen molar-refractivity contribution in [2.24, 2.45) is 0 Å². The number of thioether (sulfide) groups is 2. The van der Waals surface area contributed by atoms with Crippen LogP contribution in [0.4, 0.5) is 0 Å². The van der Waals surface area contributed by atoms with E-state index in [0.29, 0.717) is 22.5 Å². The van der Waals surface area contributed by atoms with Crippen LogP contribution in [0.5, 0.6) is 0 Å². The third kappa shape index (κ3) is 4.97. The molecular weight excluding hydrogens is 431 g/mol. The number of nitrogens with zero attached hydrogens (tertiary/aromatic N) is 2. The van der Waals surface area contributed by atoms with Gasteiger partial charge in [0.2, 0.25) is 5.91 Å². The molecule has 0 aromatic heterocycles. The zero-order chi connectivity index (χ0) is 20.3. The molecule has 2 atom stereocenters. The molecule has 1 aromatic rings. The van der Waals surface area contributed by atoms with Gasteiger partial charge in [-0.25, -0.2) is 0 Å². The summed E-state index contributed by atoms with van der Waals surface area (Å²) in [4.78, 5) is 17.7. The van der Waals surface area contributed by atoms with Gasteiger partial charge >= 0.3 is 0 Å². The smallest absolute Gasteiger partial charge is 0.227 e. The third-order valence-electron chi connectivity index (χ3n) is 6.37. The van der Waals surface area contributed by atoms with Crippen LogP contribution in [-0.4, -0.2) is 64.5 Å². The SMILES string of the molecule is CSC1(SC)CCC(N(C)C(=O)Cc2ccc(Cl)c(Cl)c2)C(N2CCCC2)C1. The number of likely N-dealkylation sites (N-methyl/N-ethyl adjacent to an activating group) is 1. The Morgan fingerprint density at radius 3 is 2.50 bits per heavy atom. The molecule has 1 aromatic carbocycles. The molecule has 0 radical (unpaired) electrons. The Kier molecular flexibility index (Phi) is 7.93. The summed E-state index contributed by atoms with van der Waals surface area (Å²) in [5.41, 5.74) is 0.919. The highest BCUT2D eigenvalue weighted by Crippen LogP contribution is 2.48. The van der Waals surface area contributed by atoms with Crippen molar-refractivity contribution < 1.29 is 4.79 Å². The van der Waals surface area contributed by atoms with Crippen LogP contribution in [0.15, 0.2) is 18.2 Å². The molecule has 0 bridgehead atoms. The summed E-state index contributed by atoms with van der Waals surface area (Å²) in [5.74, 6) is 0.161. The van der Waals surface area contributed by atoms with E-state index in [1.165, 1.54) is 12.8 Å². The van der Waals surface area contributed by atoms with E-state index in [0.717, 1.165) is 37.9 Å². The fourth-order valence-electron chi connectivity index (χ4n) is 4.60. The topological polar surface area (TPSA) is 23.6 Å². The molecule has 7 heteroatoms. The quantitative estimate of drug-likeness (QED) is 0.527. The third-order valence-corrected chi connectivity index (χ3v) is 10.3. The highest BCUT2D eigenvalue weighted by Gasteiger charge is 2.45. The second-order valence-corrected chi connectivity index (χ2v) is 11.3. The van der Waals surface area contributed by atoms with Crippen LogP contribution >= 0.6 is 46.7 Å². The molecule has 1 aliphatic heterocycles. The monoisotopic (exact) mass is 460 g/mol. The van der Waals surface area contributed by atoms with Gasteiger partial charge in [-0.3, -0.25) is 9.69 Å². The molecule has 2 aliphatic rings. The fourth-order valence-corrected chi connectivity index (χ4v) is 6.91. The van der Waals surface area contributed by atoms with Gasteiger partial charge in [0, 0.05) is 19.1 Å². The average molecular weight is 462 g/mol. The fraction of sp³-hybridized carbons (Fsp3) is 0.667. The Balaban J connectivity index is 1.74. The van der Waals surface area contributed by atoms with E-state index in [9.17, 15) is 4.79 Å². The molecule has 1 amide bonds. The van der Waals surface area contributed by atoms with Crippen molar-refractivity contribution in [1.82, 2.24) is 9.80 Å². The van der Waals surface area contributed by atoms with Crippen LogP contribution < -0.4 is 0 Å². The molecule has 28 heavy (non-hydrogen) atoms. The average Bonchev–Trinajstić information content (AvgIpc) is 3.24. The second kappa shape index (κ2) is 9.82. The van der Waals surface area contributed by atoms with Crippen LogP contribution in [0, 0.1) is 0 Å². The molecule has 1 saturated heterocycles. The van der Waals surface area contributed by atoms with Gasteiger partial charge in [0.05, 0.1) is 20.5 Å². The first kappa shape index (κ1) is 22.6. The number of likely N-dealkylation sites (tertiary alicyclic amines) is 1. The maximum Gasteiger partial charge on any atom is 0.227 e. The number of amides is 1. The van der Waals surface area contributed by atoms with Crippen LogP contribution in [0.2, 0.25) is 10.0 Å². The lowest BCUT2D eigenvalue weighted by molar-refractivity contribution is -0.133. The first-order valence-corrected chi connectivity index (χ1v) is 13.1. The van der Waals surface area contributed by atoms with E-state index in [2.05, 4.69) is 17.4 Å². The lowest BCUT2D eigenvalue weighted by Gasteiger charge is -2.49. The van der Waals surface area contributed by atoms with Gasteiger partial charge < -0.3 is 4.90 Å². The van der Waals surface area contributed by atoms with Crippen molar-refractivity contribution in [3.63, 3.8) is 0 Å². The van der Waals surface area contributed by atoms with Crippen molar-refractivity contribution >= 4 is 52.6 Å². The Morgan fingerprint density at radius 2 is 1.89 bits per heavy atom. The normalized spacial score (nSPS) is 25.0. The zero-order valence-corrected chi connectivity index (χ0v) is 20.1. The largest absolute Gasteiger partial charge is 0.341 e. The first-order chi connectivity index (χ1) is 13.4. The van der Waals surface area contributed by atoms with E-state index in [-0.39, 0.29) is 16.0 Å². The number of halogens is 2. The van der Waals surface area contributed by atoms with Crippen LogP contribution in [0.25, 0.3) is 0 Å². The Labute approximate surface area is 187 Å². The van der Waals surface area contributed by atoms with Gasteiger partial charge in [0.1, 0.15) is 0 Å². The predicted octanol–water partition coefficient (Wildman–Crippen LogP) is 5.43. The first-order valence-electron chi connectivity index (χ1n) is 9.93. The Morgan fingerprint density at radius 1 is 1.21 bits per heavy atom. The molecule has 1 aliphatic carbocycles. The maximum atomic E-state index is 13.1. The predicted molar refractivity (Wildman–Crippen MR) is 125 cm³/mol. The molecule has 1 saturated carbocycles. The molecule has 2 fully saturated rings. The summed E-state index contributed by atoms with van der Waals surface area (Å²) < 4.78 is 0.275. The van der Waals surface area contributed by atoms with Crippen molar-refractivity contribution in [3.05, 3.63) is 33.8 Å². The molecule has 1 heterocycles. The molecule has 0 spiro atoms. The molecule has 156 valence electrons. The number of rotatable bonds is 6. The van der Waals surface area contributed by atoms with Gasteiger partial charge in [-0.1, -0.05) is 29.3 Å². The molecule has 0 N–H and O–H groups in total. The van der Waals surface area contributed by atoms with Gasteiger partial charge in [-0.15, -0.1) is 23.5 Å². The van der Waals surface area contributed by atoms with Gasteiger partial charge in [0.25, 0.3) is 0 Å². The Hall–Kier alpha value is -0.0700. The van der Waals surface area contributed by atoms with Gasteiger partial charge in [0.15, 0.2) is 0 Å². The summed E-state index contributed by atoms with van der Waals surface area (Å²) in [5, 5.41) is 1.03. The summed E-state index contributed by atoms with van der Waals surface area (Å²) in [7, 11) is 1.98. The van der Waals surface area contributed by atoms with Gasteiger partial charge in [-0.2, -0.15) is 0 Å². The van der Waals surface area contributed by atoms with E-state index in [1.54, 1.807) is 12.1 Å². The number of carbonyl (C=O) groups excluding carboxylic acids is 1.